The summed E-state index contributed by atoms with van der Waals surface area (Å²) in [6.07, 6.45) is -0.00534. The SMILES string of the molecule is COc1ccc(NC(=S)Nc2ccc(CC(=O)O)cc2)cc1OC. The Morgan fingerprint density at radius 1 is 1.00 bits per heavy atom. The smallest absolute Gasteiger partial charge is 0.307 e. The van der Waals surface area contributed by atoms with Crippen molar-refractivity contribution in [3.63, 3.8) is 0 Å². The van der Waals surface area contributed by atoms with Crippen molar-refractivity contribution in [2.45, 2.75) is 6.42 Å². The van der Waals surface area contributed by atoms with Crippen LogP contribution in [0.2, 0.25) is 0 Å². The van der Waals surface area contributed by atoms with Crippen LogP contribution in [0.5, 0.6) is 11.5 Å². The number of nitrogens with one attached hydrogen (secondary N) is 2. The highest BCUT2D eigenvalue weighted by molar-refractivity contribution is 7.80. The predicted octanol–water partition coefficient (Wildman–Crippen LogP) is 3.14. The van der Waals surface area contributed by atoms with E-state index in [1.807, 2.05) is 6.07 Å². The molecule has 0 radical (unpaired) electrons. The molecule has 3 N–H and O–H groups in total. The molecule has 2 aromatic carbocycles. The van der Waals surface area contributed by atoms with Crippen LogP contribution in [0.4, 0.5) is 11.4 Å². The van der Waals surface area contributed by atoms with Crippen molar-refractivity contribution in [3.05, 3.63) is 48.0 Å². The topological polar surface area (TPSA) is 79.8 Å². The lowest BCUT2D eigenvalue weighted by Crippen LogP contribution is -2.19. The van der Waals surface area contributed by atoms with Crippen LogP contribution in [0.15, 0.2) is 42.5 Å². The second-order valence-electron chi connectivity index (χ2n) is 4.92. The normalized spacial score (nSPS) is 9.92. The molecule has 0 bridgehead atoms. The fraction of sp³-hybridized carbons (Fsp3) is 0.176. The molecule has 0 spiro atoms. The highest BCUT2D eigenvalue weighted by Gasteiger charge is 2.06. The molecule has 24 heavy (non-hydrogen) atoms. The zero-order valence-corrected chi connectivity index (χ0v) is 14.1. The second kappa shape index (κ2) is 8.16. The second-order valence-corrected chi connectivity index (χ2v) is 5.32. The van der Waals surface area contributed by atoms with Gasteiger partial charge in [0.15, 0.2) is 16.6 Å². The third-order valence-corrected chi connectivity index (χ3v) is 3.41. The van der Waals surface area contributed by atoms with Crippen molar-refractivity contribution in [1.82, 2.24) is 0 Å². The third-order valence-electron chi connectivity index (χ3n) is 3.21. The first-order chi connectivity index (χ1) is 11.5. The van der Waals surface area contributed by atoms with Crippen molar-refractivity contribution in [2.75, 3.05) is 24.9 Å². The maximum Gasteiger partial charge on any atom is 0.307 e. The van der Waals surface area contributed by atoms with Crippen LogP contribution in [-0.2, 0) is 11.2 Å². The van der Waals surface area contributed by atoms with E-state index >= 15 is 0 Å². The fourth-order valence-electron chi connectivity index (χ4n) is 2.09. The van der Waals surface area contributed by atoms with Crippen LogP contribution < -0.4 is 20.1 Å². The maximum atomic E-state index is 10.7. The van der Waals surface area contributed by atoms with Gasteiger partial charge in [-0.3, -0.25) is 4.79 Å². The molecular formula is C17H18N2O4S. The number of thiocarbonyl (C=S) groups is 1. The van der Waals surface area contributed by atoms with Crippen molar-refractivity contribution >= 4 is 34.7 Å². The van der Waals surface area contributed by atoms with E-state index in [2.05, 4.69) is 10.6 Å². The summed E-state index contributed by atoms with van der Waals surface area (Å²) in [5.74, 6) is 0.376. The van der Waals surface area contributed by atoms with Crippen molar-refractivity contribution in [3.8, 4) is 11.5 Å². The molecule has 0 amide bonds. The summed E-state index contributed by atoms with van der Waals surface area (Å²) in [5, 5.41) is 15.3. The van der Waals surface area contributed by atoms with Gasteiger partial charge in [-0.2, -0.15) is 0 Å². The summed E-state index contributed by atoms with van der Waals surface area (Å²) in [4.78, 5) is 10.7. The van der Waals surface area contributed by atoms with Crippen LogP contribution in [0, 0.1) is 0 Å². The van der Waals surface area contributed by atoms with Crippen molar-refractivity contribution in [1.29, 1.82) is 0 Å². The number of hydrogen-bond donors (Lipinski definition) is 3. The molecule has 2 aromatic rings. The number of carboxylic acids is 1. The molecule has 126 valence electrons. The molecule has 0 aliphatic rings. The van der Waals surface area contributed by atoms with Gasteiger partial charge in [-0.05, 0) is 42.0 Å². The van der Waals surface area contributed by atoms with Crippen LogP contribution in [0.3, 0.4) is 0 Å². The van der Waals surface area contributed by atoms with Gasteiger partial charge in [-0.1, -0.05) is 12.1 Å². The quantitative estimate of drug-likeness (QED) is 0.693. The summed E-state index contributed by atoms with van der Waals surface area (Å²) in [7, 11) is 3.14. The molecule has 0 saturated heterocycles. The van der Waals surface area contributed by atoms with E-state index in [1.165, 1.54) is 0 Å². The van der Waals surface area contributed by atoms with Crippen LogP contribution in [0.25, 0.3) is 0 Å². The van der Waals surface area contributed by atoms with Crippen LogP contribution >= 0.6 is 12.2 Å². The number of rotatable bonds is 6. The lowest BCUT2D eigenvalue weighted by Gasteiger charge is -2.13. The average molecular weight is 346 g/mol. The number of aliphatic carboxylic acids is 1. The molecule has 0 unspecified atom stereocenters. The zero-order valence-electron chi connectivity index (χ0n) is 13.3. The summed E-state index contributed by atoms with van der Waals surface area (Å²) in [6.45, 7) is 0. The minimum Gasteiger partial charge on any atom is -0.493 e. The number of benzene rings is 2. The molecule has 6 nitrogen and oxygen atoms in total. The Labute approximate surface area is 145 Å². The van der Waals surface area contributed by atoms with Gasteiger partial charge < -0.3 is 25.2 Å². The molecule has 0 aliphatic heterocycles. The molecule has 0 aliphatic carbocycles. The van der Waals surface area contributed by atoms with Crippen LogP contribution in [0.1, 0.15) is 5.56 Å². The Balaban J connectivity index is 1.99. The number of ether oxygens (including phenoxy) is 2. The Hall–Kier alpha value is -2.80. The Bertz CT molecular complexity index is 732. The molecule has 0 atom stereocenters. The number of carbonyl (C=O) groups is 1. The van der Waals surface area contributed by atoms with Crippen molar-refractivity contribution in [2.24, 2.45) is 0 Å². The molecule has 0 fully saturated rings. The monoisotopic (exact) mass is 346 g/mol. The highest BCUT2D eigenvalue weighted by atomic mass is 32.1. The summed E-state index contributed by atoms with van der Waals surface area (Å²) >= 11 is 5.27. The van der Waals surface area contributed by atoms with Gasteiger partial charge in [0.25, 0.3) is 0 Å². The van der Waals surface area contributed by atoms with Gasteiger partial charge >= 0.3 is 5.97 Å². The summed E-state index contributed by atoms with van der Waals surface area (Å²) in [5.41, 5.74) is 2.25. The standard InChI is InChI=1S/C17H18N2O4S/c1-22-14-8-7-13(10-15(14)23-2)19-17(24)18-12-5-3-11(4-6-12)9-16(20)21/h3-8,10H,9H2,1-2H3,(H,20,21)(H2,18,19,24). The lowest BCUT2D eigenvalue weighted by atomic mass is 10.1. The van der Waals surface area contributed by atoms with E-state index in [0.717, 1.165) is 16.9 Å². The third kappa shape index (κ3) is 4.85. The molecule has 0 heterocycles. The minimum atomic E-state index is -0.860. The number of methoxy groups -OCH3 is 2. The molecule has 0 saturated carbocycles. The largest absolute Gasteiger partial charge is 0.493 e. The van der Waals surface area contributed by atoms with E-state index in [0.29, 0.717) is 16.6 Å². The Morgan fingerprint density at radius 3 is 2.17 bits per heavy atom. The molecule has 0 aromatic heterocycles. The van der Waals surface area contributed by atoms with E-state index < -0.39 is 5.97 Å². The highest BCUT2D eigenvalue weighted by Crippen LogP contribution is 2.29. The number of anilines is 2. The Morgan fingerprint density at radius 2 is 1.58 bits per heavy atom. The van der Waals surface area contributed by atoms with E-state index in [9.17, 15) is 4.79 Å². The first-order valence-corrected chi connectivity index (χ1v) is 7.53. The zero-order chi connectivity index (χ0) is 17.5. The number of carboxylic acid groups (broad SMARTS) is 1. The molecular weight excluding hydrogens is 328 g/mol. The van der Waals surface area contributed by atoms with Gasteiger partial charge in [0.2, 0.25) is 0 Å². The molecule has 7 heteroatoms. The predicted molar refractivity (Wildman–Crippen MR) is 97.2 cm³/mol. The first-order valence-electron chi connectivity index (χ1n) is 7.12. The summed E-state index contributed by atoms with van der Waals surface area (Å²) < 4.78 is 10.4. The van der Waals surface area contributed by atoms with E-state index in [-0.39, 0.29) is 6.42 Å². The van der Waals surface area contributed by atoms with Gasteiger partial charge in [-0.25, -0.2) is 0 Å². The van der Waals surface area contributed by atoms with Gasteiger partial charge in [0.05, 0.1) is 20.6 Å². The van der Waals surface area contributed by atoms with Gasteiger partial charge in [0, 0.05) is 17.4 Å². The van der Waals surface area contributed by atoms with Crippen molar-refractivity contribution < 1.29 is 19.4 Å². The van der Waals surface area contributed by atoms with E-state index in [4.69, 9.17) is 26.8 Å². The lowest BCUT2D eigenvalue weighted by molar-refractivity contribution is -0.136. The molecule has 2 rings (SSSR count). The van der Waals surface area contributed by atoms with Gasteiger partial charge in [-0.15, -0.1) is 0 Å². The Kier molecular flexibility index (Phi) is 5.97. The maximum absolute atomic E-state index is 10.7. The number of hydrogen-bond acceptors (Lipinski definition) is 4. The fourth-order valence-corrected chi connectivity index (χ4v) is 2.32. The van der Waals surface area contributed by atoms with E-state index in [1.54, 1.807) is 50.6 Å². The van der Waals surface area contributed by atoms with Gasteiger partial charge in [0.1, 0.15) is 0 Å². The average Bonchev–Trinajstić information content (AvgIpc) is 2.56. The first kappa shape index (κ1) is 17.6. The summed E-state index contributed by atoms with van der Waals surface area (Å²) in [6, 6.07) is 12.4. The minimum absolute atomic E-state index is 0.00534. The van der Waals surface area contributed by atoms with Crippen LogP contribution in [-0.4, -0.2) is 30.4 Å².